The van der Waals surface area contributed by atoms with Gasteiger partial charge in [0.15, 0.2) is 0 Å². The van der Waals surface area contributed by atoms with Crippen LogP contribution >= 0.6 is 11.6 Å². The number of nitrogens with zero attached hydrogens (tertiary/aromatic N) is 1. The first-order chi connectivity index (χ1) is 16.2. The van der Waals surface area contributed by atoms with Crippen molar-refractivity contribution in [2.24, 2.45) is 0 Å². The molecule has 4 rings (SSSR count). The van der Waals surface area contributed by atoms with E-state index in [0.717, 1.165) is 16.0 Å². The van der Waals surface area contributed by atoms with E-state index in [1.165, 1.54) is 0 Å². The first-order valence-corrected chi connectivity index (χ1v) is 11.2. The lowest BCUT2D eigenvalue weighted by atomic mass is 10.0. The highest BCUT2D eigenvalue weighted by molar-refractivity contribution is 6.53. The van der Waals surface area contributed by atoms with Crippen LogP contribution in [0.4, 0.5) is 11.4 Å². The summed E-state index contributed by atoms with van der Waals surface area (Å²) in [5, 5.41) is 2.71. The molecule has 2 amide bonds. The average molecular weight is 475 g/mol. The Morgan fingerprint density at radius 3 is 2.24 bits per heavy atom. The van der Waals surface area contributed by atoms with Crippen LogP contribution in [0.2, 0.25) is 0 Å². The van der Waals surface area contributed by atoms with Crippen molar-refractivity contribution in [2.75, 3.05) is 10.2 Å². The van der Waals surface area contributed by atoms with Crippen LogP contribution in [-0.2, 0) is 9.59 Å². The van der Waals surface area contributed by atoms with E-state index in [-0.39, 0.29) is 10.7 Å². The monoisotopic (exact) mass is 474 g/mol. The Balaban J connectivity index is 1.45. The number of benzene rings is 3. The second-order valence-corrected chi connectivity index (χ2v) is 8.67. The minimum Gasteiger partial charge on any atom is -0.423 e. The van der Waals surface area contributed by atoms with Gasteiger partial charge in [0.1, 0.15) is 16.5 Å². The quantitative estimate of drug-likeness (QED) is 0.278. The van der Waals surface area contributed by atoms with Gasteiger partial charge in [-0.2, -0.15) is 0 Å². The molecule has 0 atom stereocenters. The van der Waals surface area contributed by atoms with Crippen molar-refractivity contribution in [1.29, 1.82) is 0 Å². The molecule has 3 aromatic carbocycles. The number of nitrogens with one attached hydrogen (secondary N) is 1. The minimum atomic E-state index is -0.594. The number of hydrogen-bond acceptors (Lipinski definition) is 5. The van der Waals surface area contributed by atoms with Crippen molar-refractivity contribution in [3.63, 3.8) is 0 Å². The summed E-state index contributed by atoms with van der Waals surface area (Å²) in [6.45, 7) is 6.06. The number of carbonyl (C=O) groups is 3. The normalized spacial score (nSPS) is 13.6. The number of ether oxygens (including phenoxy) is 1. The van der Waals surface area contributed by atoms with E-state index in [9.17, 15) is 14.4 Å². The minimum absolute atomic E-state index is 0.0197. The third-order valence-corrected chi connectivity index (χ3v) is 5.79. The van der Waals surface area contributed by atoms with Crippen molar-refractivity contribution in [2.45, 2.75) is 26.7 Å². The summed E-state index contributed by atoms with van der Waals surface area (Å²) in [6, 6.07) is 20.8. The fourth-order valence-corrected chi connectivity index (χ4v) is 3.75. The summed E-state index contributed by atoms with van der Waals surface area (Å²) < 4.78 is 5.43. The third-order valence-electron chi connectivity index (χ3n) is 5.43. The molecule has 3 aromatic rings. The lowest BCUT2D eigenvalue weighted by Gasteiger charge is -2.15. The lowest BCUT2D eigenvalue weighted by Crippen LogP contribution is -2.32. The molecule has 0 aliphatic carbocycles. The number of imide groups is 1. The van der Waals surface area contributed by atoms with E-state index in [0.29, 0.717) is 28.6 Å². The predicted molar refractivity (Wildman–Crippen MR) is 132 cm³/mol. The summed E-state index contributed by atoms with van der Waals surface area (Å²) in [4.78, 5) is 39.1. The van der Waals surface area contributed by atoms with Crippen LogP contribution in [0.5, 0.6) is 5.75 Å². The van der Waals surface area contributed by atoms with Crippen LogP contribution < -0.4 is 15.0 Å². The first kappa shape index (κ1) is 23.3. The van der Waals surface area contributed by atoms with E-state index in [4.69, 9.17) is 16.3 Å². The molecule has 34 heavy (non-hydrogen) atoms. The fourth-order valence-electron chi connectivity index (χ4n) is 3.53. The van der Waals surface area contributed by atoms with Gasteiger partial charge < -0.3 is 10.1 Å². The number of aryl methyl sites for hydroxylation is 1. The maximum absolute atomic E-state index is 12.9. The molecule has 0 unspecified atom stereocenters. The van der Waals surface area contributed by atoms with Crippen LogP contribution in [0.1, 0.15) is 41.3 Å². The van der Waals surface area contributed by atoms with Gasteiger partial charge in [-0.05, 0) is 72.5 Å². The van der Waals surface area contributed by atoms with Gasteiger partial charge in [-0.25, -0.2) is 9.69 Å². The molecular weight excluding hydrogens is 452 g/mol. The highest BCUT2D eigenvalue weighted by atomic mass is 35.5. The highest BCUT2D eigenvalue weighted by Gasteiger charge is 2.39. The van der Waals surface area contributed by atoms with E-state index >= 15 is 0 Å². The highest BCUT2D eigenvalue weighted by Crippen LogP contribution is 2.30. The van der Waals surface area contributed by atoms with Gasteiger partial charge in [0.2, 0.25) is 0 Å². The number of esters is 1. The molecule has 172 valence electrons. The number of anilines is 2. The molecule has 0 aromatic heterocycles. The Morgan fingerprint density at radius 1 is 0.941 bits per heavy atom. The Kier molecular flexibility index (Phi) is 6.52. The van der Waals surface area contributed by atoms with Gasteiger partial charge >= 0.3 is 5.97 Å². The fraction of sp³-hybridized carbons (Fsp3) is 0.148. The van der Waals surface area contributed by atoms with E-state index in [1.807, 2.05) is 25.1 Å². The van der Waals surface area contributed by atoms with Crippen molar-refractivity contribution in [3.05, 3.63) is 100 Å². The summed E-state index contributed by atoms with van der Waals surface area (Å²) in [7, 11) is 0. The zero-order chi connectivity index (χ0) is 24.4. The van der Waals surface area contributed by atoms with Crippen LogP contribution in [0.3, 0.4) is 0 Å². The third kappa shape index (κ3) is 4.72. The van der Waals surface area contributed by atoms with E-state index < -0.39 is 17.8 Å². The van der Waals surface area contributed by atoms with Gasteiger partial charge in [0.25, 0.3) is 11.8 Å². The largest absolute Gasteiger partial charge is 0.423 e. The molecule has 7 heteroatoms. The first-order valence-electron chi connectivity index (χ1n) is 10.8. The van der Waals surface area contributed by atoms with Crippen molar-refractivity contribution >= 4 is 40.8 Å². The Morgan fingerprint density at radius 2 is 1.62 bits per heavy atom. The van der Waals surface area contributed by atoms with Crippen LogP contribution in [-0.4, -0.2) is 17.8 Å². The van der Waals surface area contributed by atoms with Gasteiger partial charge in [-0.15, -0.1) is 0 Å². The predicted octanol–water partition coefficient (Wildman–Crippen LogP) is 5.77. The lowest BCUT2D eigenvalue weighted by molar-refractivity contribution is -0.120. The summed E-state index contributed by atoms with van der Waals surface area (Å²) in [6.07, 6.45) is 0. The second-order valence-electron chi connectivity index (χ2n) is 8.29. The second kappa shape index (κ2) is 9.53. The molecule has 0 spiro atoms. The van der Waals surface area contributed by atoms with Crippen LogP contribution in [0.25, 0.3) is 0 Å². The Labute approximate surface area is 202 Å². The standard InChI is InChI=1S/C27H23ClN2O4/c1-16(2)18-9-13-22(14-10-18)34-27(33)19-7-11-20(12-8-19)29-24-23(28)25(31)30(26(24)32)21-6-4-5-17(3)15-21/h4-16,29H,1-3H3. The van der Waals surface area contributed by atoms with E-state index in [2.05, 4.69) is 19.2 Å². The number of rotatable bonds is 6. The molecule has 0 fully saturated rings. The maximum Gasteiger partial charge on any atom is 0.343 e. The van der Waals surface area contributed by atoms with Crippen LogP contribution in [0.15, 0.2) is 83.5 Å². The Bertz CT molecular complexity index is 1290. The molecule has 0 saturated carbocycles. The zero-order valence-electron chi connectivity index (χ0n) is 19.0. The zero-order valence-corrected chi connectivity index (χ0v) is 19.7. The van der Waals surface area contributed by atoms with Gasteiger partial charge in [0, 0.05) is 5.69 Å². The van der Waals surface area contributed by atoms with Crippen molar-refractivity contribution in [1.82, 2.24) is 0 Å². The van der Waals surface area contributed by atoms with Gasteiger partial charge in [-0.3, -0.25) is 9.59 Å². The molecule has 1 aliphatic heterocycles. The SMILES string of the molecule is Cc1cccc(N2C(=O)C(Cl)=C(Nc3ccc(C(=O)Oc4ccc(C(C)C)cc4)cc3)C2=O)c1. The van der Waals surface area contributed by atoms with Gasteiger partial charge in [0.05, 0.1) is 11.3 Å². The van der Waals surface area contributed by atoms with E-state index in [1.54, 1.807) is 54.6 Å². The molecule has 6 nitrogen and oxygen atoms in total. The summed E-state index contributed by atoms with van der Waals surface area (Å²) >= 11 is 6.19. The number of halogens is 1. The summed E-state index contributed by atoms with van der Waals surface area (Å²) in [5.74, 6) is -0.796. The summed E-state index contributed by atoms with van der Waals surface area (Å²) in [5.41, 5.74) is 3.34. The van der Waals surface area contributed by atoms with Crippen molar-refractivity contribution in [3.8, 4) is 5.75 Å². The molecule has 0 radical (unpaired) electrons. The molecule has 1 heterocycles. The van der Waals surface area contributed by atoms with Crippen LogP contribution in [0, 0.1) is 6.92 Å². The number of carbonyl (C=O) groups excluding carboxylic acids is 3. The smallest absolute Gasteiger partial charge is 0.343 e. The maximum atomic E-state index is 12.9. The van der Waals surface area contributed by atoms with Gasteiger partial charge in [-0.1, -0.05) is 49.7 Å². The Hall–Kier alpha value is -3.90. The molecule has 1 N–H and O–H groups in total. The number of hydrogen-bond donors (Lipinski definition) is 1. The molecule has 0 bridgehead atoms. The molecule has 1 aliphatic rings. The van der Waals surface area contributed by atoms with Crippen molar-refractivity contribution < 1.29 is 19.1 Å². The molecular formula is C27H23ClN2O4. The average Bonchev–Trinajstić information content (AvgIpc) is 3.03. The molecule has 0 saturated heterocycles. The topological polar surface area (TPSA) is 75.7 Å². The number of amides is 2.